The SMILES string of the molecule is CC(C)(C)OC(=O)N1CC(c2ccc(Cl)nc2)C1C(=O)O. The molecule has 1 amide bonds. The maximum absolute atomic E-state index is 12.0. The van der Waals surface area contributed by atoms with Crippen LogP contribution in [0.15, 0.2) is 18.3 Å². The Bertz CT molecular complexity index is 553. The molecule has 1 saturated heterocycles. The van der Waals surface area contributed by atoms with Gasteiger partial charge in [0.15, 0.2) is 0 Å². The molecule has 0 aliphatic carbocycles. The van der Waals surface area contributed by atoms with Gasteiger partial charge in [-0.3, -0.25) is 4.90 Å². The second-order valence-corrected chi connectivity index (χ2v) is 6.32. The van der Waals surface area contributed by atoms with E-state index in [-0.39, 0.29) is 12.5 Å². The number of carboxylic acids is 1. The number of carboxylic acid groups (broad SMARTS) is 1. The van der Waals surface area contributed by atoms with Crippen LogP contribution in [0, 0.1) is 0 Å². The fourth-order valence-electron chi connectivity index (χ4n) is 2.21. The van der Waals surface area contributed by atoms with Gasteiger partial charge in [0.05, 0.1) is 0 Å². The Labute approximate surface area is 127 Å². The Morgan fingerprint density at radius 3 is 2.57 bits per heavy atom. The van der Waals surface area contributed by atoms with Crippen LogP contribution in [-0.2, 0) is 9.53 Å². The minimum Gasteiger partial charge on any atom is -0.480 e. The van der Waals surface area contributed by atoms with E-state index in [9.17, 15) is 14.7 Å². The quantitative estimate of drug-likeness (QED) is 0.849. The van der Waals surface area contributed by atoms with Gasteiger partial charge in [0.2, 0.25) is 0 Å². The van der Waals surface area contributed by atoms with Crippen LogP contribution in [0.4, 0.5) is 4.79 Å². The number of ether oxygens (including phenoxy) is 1. The van der Waals surface area contributed by atoms with Gasteiger partial charge in [-0.05, 0) is 32.4 Å². The summed E-state index contributed by atoms with van der Waals surface area (Å²) in [4.78, 5) is 28.6. The predicted molar refractivity (Wildman–Crippen MR) is 76.4 cm³/mol. The first-order chi connectivity index (χ1) is 9.69. The number of nitrogens with zero attached hydrogens (tertiary/aromatic N) is 2. The Morgan fingerprint density at radius 1 is 1.43 bits per heavy atom. The average Bonchev–Trinajstić information content (AvgIpc) is 2.27. The van der Waals surface area contributed by atoms with E-state index in [1.54, 1.807) is 32.9 Å². The fraction of sp³-hybridized carbons (Fsp3) is 0.500. The molecule has 0 radical (unpaired) electrons. The van der Waals surface area contributed by atoms with Crippen LogP contribution in [0.25, 0.3) is 0 Å². The van der Waals surface area contributed by atoms with Gasteiger partial charge in [-0.25, -0.2) is 14.6 Å². The summed E-state index contributed by atoms with van der Waals surface area (Å²) in [7, 11) is 0. The van der Waals surface area contributed by atoms with Gasteiger partial charge in [0.25, 0.3) is 0 Å². The number of pyridine rings is 1. The summed E-state index contributed by atoms with van der Waals surface area (Å²) in [6.45, 7) is 5.50. The van der Waals surface area contributed by atoms with Crippen molar-refractivity contribution in [1.29, 1.82) is 0 Å². The van der Waals surface area contributed by atoms with Crippen LogP contribution in [0.5, 0.6) is 0 Å². The first kappa shape index (κ1) is 15.6. The monoisotopic (exact) mass is 312 g/mol. The summed E-state index contributed by atoms with van der Waals surface area (Å²) in [6, 6.07) is 2.39. The molecule has 6 nitrogen and oxygen atoms in total. The van der Waals surface area contributed by atoms with Crippen molar-refractivity contribution in [3.63, 3.8) is 0 Å². The van der Waals surface area contributed by atoms with Gasteiger partial charge < -0.3 is 9.84 Å². The van der Waals surface area contributed by atoms with Gasteiger partial charge >= 0.3 is 12.1 Å². The van der Waals surface area contributed by atoms with Crippen LogP contribution in [0.3, 0.4) is 0 Å². The third kappa shape index (κ3) is 3.44. The molecule has 21 heavy (non-hydrogen) atoms. The molecule has 2 rings (SSSR count). The molecular weight excluding hydrogens is 296 g/mol. The van der Waals surface area contributed by atoms with E-state index in [0.29, 0.717) is 5.15 Å². The van der Waals surface area contributed by atoms with E-state index >= 15 is 0 Å². The molecule has 114 valence electrons. The number of hydrogen-bond donors (Lipinski definition) is 1. The van der Waals surface area contributed by atoms with E-state index in [1.165, 1.54) is 11.1 Å². The van der Waals surface area contributed by atoms with Gasteiger partial charge in [-0.2, -0.15) is 0 Å². The van der Waals surface area contributed by atoms with Crippen molar-refractivity contribution in [2.24, 2.45) is 0 Å². The molecule has 1 aromatic rings. The smallest absolute Gasteiger partial charge is 0.411 e. The van der Waals surface area contributed by atoms with E-state index < -0.39 is 23.7 Å². The van der Waals surface area contributed by atoms with Gasteiger partial charge in [0.1, 0.15) is 16.8 Å². The maximum atomic E-state index is 12.0. The Hall–Kier alpha value is -1.82. The molecule has 1 aliphatic heterocycles. The molecule has 2 heterocycles. The van der Waals surface area contributed by atoms with E-state index in [2.05, 4.69) is 4.98 Å². The lowest BCUT2D eigenvalue weighted by Gasteiger charge is -2.45. The lowest BCUT2D eigenvalue weighted by Crippen LogP contribution is -2.61. The van der Waals surface area contributed by atoms with Crippen LogP contribution >= 0.6 is 11.6 Å². The molecule has 1 aromatic heterocycles. The molecule has 2 unspecified atom stereocenters. The molecule has 1 aliphatic rings. The summed E-state index contributed by atoms with van der Waals surface area (Å²) in [5.74, 6) is -1.37. The zero-order chi connectivity index (χ0) is 15.8. The lowest BCUT2D eigenvalue weighted by atomic mass is 9.83. The largest absolute Gasteiger partial charge is 0.480 e. The molecule has 7 heteroatoms. The van der Waals surface area contributed by atoms with E-state index in [4.69, 9.17) is 16.3 Å². The number of carbonyl (C=O) groups excluding carboxylic acids is 1. The van der Waals surface area contributed by atoms with Gasteiger partial charge in [0, 0.05) is 18.7 Å². The number of aliphatic carboxylic acids is 1. The summed E-state index contributed by atoms with van der Waals surface area (Å²) in [5, 5.41) is 9.68. The number of carbonyl (C=O) groups is 2. The van der Waals surface area contributed by atoms with Crippen molar-refractivity contribution in [2.45, 2.75) is 38.3 Å². The number of halogens is 1. The van der Waals surface area contributed by atoms with Crippen LogP contribution in [0.1, 0.15) is 32.3 Å². The minimum absolute atomic E-state index is 0.287. The van der Waals surface area contributed by atoms with Crippen molar-refractivity contribution in [1.82, 2.24) is 9.88 Å². The molecule has 0 spiro atoms. The number of amides is 1. The molecular formula is C14H17ClN2O4. The number of likely N-dealkylation sites (tertiary alicyclic amines) is 1. The average molecular weight is 313 g/mol. The molecule has 0 bridgehead atoms. The summed E-state index contributed by atoms with van der Waals surface area (Å²) in [5.41, 5.74) is 0.0826. The highest BCUT2D eigenvalue weighted by molar-refractivity contribution is 6.29. The highest BCUT2D eigenvalue weighted by Gasteiger charge is 2.49. The van der Waals surface area contributed by atoms with Crippen molar-refractivity contribution in [2.75, 3.05) is 6.54 Å². The zero-order valence-corrected chi connectivity index (χ0v) is 12.8. The first-order valence-electron chi connectivity index (χ1n) is 6.53. The van der Waals surface area contributed by atoms with E-state index in [1.807, 2.05) is 0 Å². The summed E-state index contributed by atoms with van der Waals surface area (Å²) < 4.78 is 5.21. The first-order valence-corrected chi connectivity index (χ1v) is 6.91. The van der Waals surface area contributed by atoms with Crippen LogP contribution in [-0.4, -0.2) is 45.2 Å². The predicted octanol–water partition coefficient (Wildman–Crippen LogP) is 2.52. The highest BCUT2D eigenvalue weighted by atomic mass is 35.5. The molecule has 2 atom stereocenters. The zero-order valence-electron chi connectivity index (χ0n) is 12.0. The lowest BCUT2D eigenvalue weighted by molar-refractivity contribution is -0.149. The summed E-state index contributed by atoms with van der Waals surface area (Å²) in [6.07, 6.45) is 0.920. The fourth-order valence-corrected chi connectivity index (χ4v) is 2.32. The Morgan fingerprint density at radius 2 is 2.10 bits per heavy atom. The topological polar surface area (TPSA) is 79.7 Å². The second kappa shape index (κ2) is 5.52. The molecule has 1 fully saturated rings. The Balaban J connectivity index is 2.13. The molecule has 0 aromatic carbocycles. The van der Waals surface area contributed by atoms with Crippen molar-refractivity contribution in [3.8, 4) is 0 Å². The number of rotatable bonds is 2. The standard InChI is InChI=1S/C14H17ClN2O4/c1-14(2,3)21-13(20)17-7-9(11(17)12(18)19)8-4-5-10(15)16-6-8/h4-6,9,11H,7H2,1-3H3,(H,18,19). The number of aromatic nitrogens is 1. The minimum atomic E-state index is -1.06. The van der Waals surface area contributed by atoms with E-state index in [0.717, 1.165) is 5.56 Å². The molecule has 0 saturated carbocycles. The normalized spacial score (nSPS) is 21.6. The third-order valence-electron chi connectivity index (χ3n) is 3.17. The van der Waals surface area contributed by atoms with Crippen molar-refractivity contribution >= 4 is 23.7 Å². The third-order valence-corrected chi connectivity index (χ3v) is 3.39. The van der Waals surface area contributed by atoms with Crippen LogP contribution < -0.4 is 0 Å². The maximum Gasteiger partial charge on any atom is 0.411 e. The van der Waals surface area contributed by atoms with Crippen molar-refractivity contribution < 1.29 is 19.4 Å². The van der Waals surface area contributed by atoms with Crippen LogP contribution in [0.2, 0.25) is 5.15 Å². The highest BCUT2D eigenvalue weighted by Crippen LogP contribution is 2.35. The molecule has 1 N–H and O–H groups in total. The Kier molecular flexibility index (Phi) is 4.09. The second-order valence-electron chi connectivity index (χ2n) is 5.94. The number of hydrogen-bond acceptors (Lipinski definition) is 4. The van der Waals surface area contributed by atoms with Crippen molar-refractivity contribution in [3.05, 3.63) is 29.0 Å². The van der Waals surface area contributed by atoms with Gasteiger partial charge in [-0.15, -0.1) is 0 Å². The summed E-state index contributed by atoms with van der Waals surface area (Å²) >= 11 is 5.72. The van der Waals surface area contributed by atoms with Gasteiger partial charge in [-0.1, -0.05) is 17.7 Å².